The summed E-state index contributed by atoms with van der Waals surface area (Å²) >= 11 is 0. The lowest BCUT2D eigenvalue weighted by molar-refractivity contribution is 0.0998. The van der Waals surface area contributed by atoms with Gasteiger partial charge in [0, 0.05) is 16.6 Å². The summed E-state index contributed by atoms with van der Waals surface area (Å²) in [5.41, 5.74) is 2.96. The van der Waals surface area contributed by atoms with Crippen molar-refractivity contribution in [3.8, 4) is 11.8 Å². The zero-order valence-corrected chi connectivity index (χ0v) is 13.4. The molecule has 0 atom stereocenters. The molecule has 0 aliphatic carbocycles. The van der Waals surface area contributed by atoms with Gasteiger partial charge in [-0.05, 0) is 42.8 Å². The zero-order chi connectivity index (χ0) is 17.1. The molecular formula is C19H16N2O3. The number of fused-ring (bicyclic) bond motifs is 1. The van der Waals surface area contributed by atoms with Crippen LogP contribution in [0, 0.1) is 18.3 Å². The fourth-order valence-electron chi connectivity index (χ4n) is 2.53. The molecule has 3 rings (SSSR count). The number of anilines is 1. The summed E-state index contributed by atoms with van der Waals surface area (Å²) in [5, 5.41) is 12.3. The molecule has 2 aromatic carbocycles. The van der Waals surface area contributed by atoms with Crippen molar-refractivity contribution in [2.24, 2.45) is 0 Å². The Hall–Kier alpha value is -3.26. The molecule has 1 N–H and O–H groups in total. The number of ether oxygens (including phenoxy) is 1. The Kier molecular flexibility index (Phi) is 4.21. The number of benzene rings is 2. The predicted molar refractivity (Wildman–Crippen MR) is 91.2 cm³/mol. The fraction of sp³-hybridized carbons (Fsp3) is 0.158. The van der Waals surface area contributed by atoms with Crippen LogP contribution < -0.4 is 10.1 Å². The van der Waals surface area contributed by atoms with Crippen molar-refractivity contribution in [1.82, 2.24) is 0 Å². The van der Waals surface area contributed by atoms with Crippen molar-refractivity contribution < 1.29 is 13.9 Å². The third-order valence-electron chi connectivity index (χ3n) is 3.84. The molecule has 0 saturated heterocycles. The highest BCUT2D eigenvalue weighted by molar-refractivity contribution is 6.06. The van der Waals surface area contributed by atoms with E-state index in [9.17, 15) is 4.79 Å². The minimum atomic E-state index is -0.310. The van der Waals surface area contributed by atoms with Gasteiger partial charge in [0.1, 0.15) is 11.3 Å². The highest BCUT2D eigenvalue weighted by Crippen LogP contribution is 2.29. The van der Waals surface area contributed by atoms with Gasteiger partial charge in [-0.3, -0.25) is 4.79 Å². The van der Waals surface area contributed by atoms with Gasteiger partial charge in [-0.1, -0.05) is 12.1 Å². The van der Waals surface area contributed by atoms with Crippen molar-refractivity contribution >= 4 is 22.6 Å². The van der Waals surface area contributed by atoms with Gasteiger partial charge in [-0.15, -0.1) is 0 Å². The summed E-state index contributed by atoms with van der Waals surface area (Å²) in [6.07, 6.45) is 0.346. The van der Waals surface area contributed by atoms with Crippen molar-refractivity contribution in [2.45, 2.75) is 13.3 Å². The zero-order valence-electron chi connectivity index (χ0n) is 13.4. The third-order valence-corrected chi connectivity index (χ3v) is 3.84. The van der Waals surface area contributed by atoms with E-state index in [1.54, 1.807) is 31.4 Å². The van der Waals surface area contributed by atoms with Crippen molar-refractivity contribution in [3.05, 3.63) is 59.4 Å². The van der Waals surface area contributed by atoms with Crippen LogP contribution in [0.1, 0.15) is 21.7 Å². The lowest BCUT2D eigenvalue weighted by Crippen LogP contribution is -2.12. The van der Waals surface area contributed by atoms with Gasteiger partial charge in [-0.25, -0.2) is 0 Å². The van der Waals surface area contributed by atoms with Crippen LogP contribution in [0.25, 0.3) is 11.0 Å². The van der Waals surface area contributed by atoms with E-state index in [4.69, 9.17) is 14.4 Å². The number of carbonyl (C=O) groups is 1. The standard InChI is InChI=1S/C19H16N2O3/c1-12-16-11-15(23-2)7-8-17(16)24-18(12)19(22)21-14-5-3-13(4-6-14)9-10-20/h3-8,11H,9H2,1-2H3,(H,21,22). The predicted octanol–water partition coefficient (Wildman–Crippen LogP) is 4.07. The molecule has 1 aromatic heterocycles. The largest absolute Gasteiger partial charge is 0.497 e. The highest BCUT2D eigenvalue weighted by Gasteiger charge is 2.18. The summed E-state index contributed by atoms with van der Waals surface area (Å²) in [5.74, 6) is 0.682. The maximum absolute atomic E-state index is 12.5. The van der Waals surface area contributed by atoms with Crippen LogP contribution in [0.3, 0.4) is 0 Å². The van der Waals surface area contributed by atoms with Crippen LogP contribution in [0.4, 0.5) is 5.69 Å². The number of nitrogens with zero attached hydrogens (tertiary/aromatic N) is 1. The number of carbonyl (C=O) groups excluding carboxylic acids is 1. The Bertz CT molecular complexity index is 934. The lowest BCUT2D eigenvalue weighted by atomic mass is 10.1. The number of amides is 1. The first-order valence-electron chi connectivity index (χ1n) is 7.46. The smallest absolute Gasteiger partial charge is 0.291 e. The molecule has 120 valence electrons. The molecule has 0 unspecified atom stereocenters. The number of hydrogen-bond acceptors (Lipinski definition) is 4. The summed E-state index contributed by atoms with van der Waals surface area (Å²) < 4.78 is 10.9. The van der Waals surface area contributed by atoms with Gasteiger partial charge in [0.05, 0.1) is 19.6 Å². The average molecular weight is 320 g/mol. The topological polar surface area (TPSA) is 75.3 Å². The minimum absolute atomic E-state index is 0.277. The van der Waals surface area contributed by atoms with E-state index in [-0.39, 0.29) is 11.7 Å². The number of aryl methyl sites for hydroxylation is 1. The average Bonchev–Trinajstić information content (AvgIpc) is 2.93. The molecule has 0 bridgehead atoms. The van der Waals surface area contributed by atoms with Crippen LogP contribution in [0.5, 0.6) is 5.75 Å². The number of nitrogens with one attached hydrogen (secondary N) is 1. The van der Waals surface area contributed by atoms with Crippen molar-refractivity contribution in [1.29, 1.82) is 5.26 Å². The van der Waals surface area contributed by atoms with Crippen molar-refractivity contribution in [2.75, 3.05) is 12.4 Å². The van der Waals surface area contributed by atoms with Gasteiger partial charge in [0.15, 0.2) is 5.76 Å². The molecule has 1 amide bonds. The molecule has 5 heteroatoms. The quantitative estimate of drug-likeness (QED) is 0.786. The van der Waals surface area contributed by atoms with Crippen LogP contribution >= 0.6 is 0 Å². The third kappa shape index (κ3) is 2.95. The second-order valence-electron chi connectivity index (χ2n) is 5.40. The molecule has 1 heterocycles. The molecular weight excluding hydrogens is 304 g/mol. The Morgan fingerprint density at radius 2 is 2.00 bits per heavy atom. The normalized spacial score (nSPS) is 10.4. The van der Waals surface area contributed by atoms with Crippen LogP contribution in [-0.4, -0.2) is 13.0 Å². The first-order valence-corrected chi connectivity index (χ1v) is 7.46. The molecule has 0 aliphatic rings. The van der Waals surface area contributed by atoms with Gasteiger partial charge >= 0.3 is 0 Å². The van der Waals surface area contributed by atoms with E-state index in [0.717, 1.165) is 16.5 Å². The molecule has 0 radical (unpaired) electrons. The lowest BCUT2D eigenvalue weighted by Gasteiger charge is -2.04. The number of methoxy groups -OCH3 is 1. The number of furan rings is 1. The first kappa shape index (κ1) is 15.6. The molecule has 0 spiro atoms. The fourth-order valence-corrected chi connectivity index (χ4v) is 2.53. The Morgan fingerprint density at radius 3 is 2.67 bits per heavy atom. The molecule has 0 aliphatic heterocycles. The second-order valence-corrected chi connectivity index (χ2v) is 5.40. The molecule has 3 aromatic rings. The SMILES string of the molecule is COc1ccc2oc(C(=O)Nc3ccc(CC#N)cc3)c(C)c2c1. The maximum Gasteiger partial charge on any atom is 0.291 e. The Morgan fingerprint density at radius 1 is 1.25 bits per heavy atom. The summed E-state index contributed by atoms with van der Waals surface area (Å²) in [7, 11) is 1.60. The molecule has 0 saturated carbocycles. The van der Waals surface area contributed by atoms with Crippen LogP contribution in [0.2, 0.25) is 0 Å². The molecule has 5 nitrogen and oxygen atoms in total. The van der Waals surface area contributed by atoms with Gasteiger partial charge in [0.2, 0.25) is 0 Å². The molecule has 0 fully saturated rings. The van der Waals surface area contributed by atoms with Gasteiger partial charge in [-0.2, -0.15) is 5.26 Å². The minimum Gasteiger partial charge on any atom is -0.497 e. The first-order chi connectivity index (χ1) is 11.6. The summed E-state index contributed by atoms with van der Waals surface area (Å²) in [4.78, 5) is 12.5. The Labute approximate surface area is 139 Å². The van der Waals surface area contributed by atoms with Crippen LogP contribution in [-0.2, 0) is 6.42 Å². The molecule has 24 heavy (non-hydrogen) atoms. The summed E-state index contributed by atoms with van der Waals surface area (Å²) in [6, 6.07) is 14.7. The number of rotatable bonds is 4. The van der Waals surface area contributed by atoms with E-state index in [2.05, 4.69) is 11.4 Å². The van der Waals surface area contributed by atoms with E-state index in [1.165, 1.54) is 0 Å². The number of hydrogen-bond donors (Lipinski definition) is 1. The van der Waals surface area contributed by atoms with E-state index >= 15 is 0 Å². The van der Waals surface area contributed by atoms with Gasteiger partial charge < -0.3 is 14.5 Å². The van der Waals surface area contributed by atoms with E-state index in [1.807, 2.05) is 25.1 Å². The maximum atomic E-state index is 12.5. The van der Waals surface area contributed by atoms with E-state index < -0.39 is 0 Å². The monoisotopic (exact) mass is 320 g/mol. The number of nitriles is 1. The van der Waals surface area contributed by atoms with E-state index in [0.29, 0.717) is 23.4 Å². The highest BCUT2D eigenvalue weighted by atomic mass is 16.5. The van der Waals surface area contributed by atoms with Gasteiger partial charge in [0.25, 0.3) is 5.91 Å². The van der Waals surface area contributed by atoms with Crippen LogP contribution in [0.15, 0.2) is 46.9 Å². The van der Waals surface area contributed by atoms with Crippen molar-refractivity contribution in [3.63, 3.8) is 0 Å². The second kappa shape index (κ2) is 6.47. The Balaban J connectivity index is 1.86. The summed E-state index contributed by atoms with van der Waals surface area (Å²) in [6.45, 7) is 1.84.